The summed E-state index contributed by atoms with van der Waals surface area (Å²) in [7, 11) is 0. The van der Waals surface area contributed by atoms with Crippen LogP contribution in [0.1, 0.15) is 4.28 Å². The van der Waals surface area contributed by atoms with E-state index >= 15 is 0 Å². The van der Waals surface area contributed by atoms with E-state index in [2.05, 4.69) is 0 Å². The second-order valence-electron chi connectivity index (χ2n) is 0. The van der Waals surface area contributed by atoms with Gasteiger partial charge in [-0.2, -0.15) is 0 Å². The van der Waals surface area contributed by atoms with Gasteiger partial charge in [0, 0.05) is 0 Å². The molecule has 0 saturated carbocycles. The van der Waals surface area contributed by atoms with Crippen molar-refractivity contribution in [2.75, 3.05) is 0 Å². The van der Waals surface area contributed by atoms with Crippen molar-refractivity contribution < 1.29 is 211 Å². The minimum atomic E-state index is 0. The molecular weight excluding hydrogens is 520 g/mol. The van der Waals surface area contributed by atoms with Crippen LogP contribution in [-0.2, 0) is 0 Å². The molecule has 0 N–H and O–H groups in total. The predicted molar refractivity (Wildman–Crippen MR) is 13.3 cm³/mol. The molecule has 0 amide bonds. The molecule has 0 nitrogen and oxygen atoms in total. The third kappa shape index (κ3) is 11.7. The first-order valence-corrected chi connectivity index (χ1v) is 0. The Morgan fingerprint density at radius 2 is 0.750 bits per heavy atom. The van der Waals surface area contributed by atoms with Gasteiger partial charge >= 0.3 is 231 Å². The Morgan fingerprint density at radius 3 is 0.750 bits per heavy atom. The van der Waals surface area contributed by atoms with E-state index in [0.29, 0.717) is 0 Å². The van der Waals surface area contributed by atoms with Gasteiger partial charge in [0.15, 0.2) is 0 Å². The quantitative estimate of drug-likeness (QED) is 0.275. The second kappa shape index (κ2) is 16.5. The zero-order valence-electron chi connectivity index (χ0n) is 6.71. The molecule has 0 unspecified atom stereocenters. The summed E-state index contributed by atoms with van der Waals surface area (Å²) in [5, 5.41) is 0. The Morgan fingerprint density at radius 1 is 0.750 bits per heavy atom. The molecule has 0 aromatic rings. The van der Waals surface area contributed by atoms with E-state index in [-0.39, 0.29) is 235 Å². The average Bonchev–Trinajstić information content (AvgIpc) is 0. The summed E-state index contributed by atoms with van der Waals surface area (Å²) in [4.78, 5) is 0. The predicted octanol–water partition coefficient (Wildman–Crippen LogP) is -9.83. The van der Waals surface area contributed by atoms with E-state index in [1.54, 1.807) is 0 Å². The van der Waals surface area contributed by atoms with Gasteiger partial charge in [0.25, 0.3) is 0 Å². The van der Waals surface area contributed by atoms with Gasteiger partial charge in [-0.3, -0.25) is 0 Å². The zero-order chi connectivity index (χ0) is 0. The molecule has 0 rings (SSSR count). The van der Waals surface area contributed by atoms with E-state index in [1.807, 2.05) is 0 Å². The maximum absolute atomic E-state index is 0. The normalized spacial score (nSPS) is 0. The van der Waals surface area contributed by atoms with Crippen molar-refractivity contribution in [1.82, 2.24) is 0 Å². The van der Waals surface area contributed by atoms with Crippen molar-refractivity contribution in [3.05, 3.63) is 0 Å². The van der Waals surface area contributed by atoms with E-state index in [1.165, 1.54) is 0 Å². The summed E-state index contributed by atoms with van der Waals surface area (Å²) in [6, 6.07) is 0. The molecule has 0 aliphatic heterocycles. The van der Waals surface area contributed by atoms with Crippen molar-refractivity contribution in [1.29, 1.82) is 0 Å². The molecule has 0 aromatic carbocycles. The average molecular weight is 527 g/mol. The van der Waals surface area contributed by atoms with Crippen molar-refractivity contribution in [2.24, 2.45) is 0 Å². The van der Waals surface area contributed by atoms with Gasteiger partial charge < -0.3 is 4.28 Å². The molecule has 4 heteroatoms. The topological polar surface area (TPSA) is 0 Å². The van der Waals surface area contributed by atoms with Crippen LogP contribution in [0.15, 0.2) is 0 Å². The van der Waals surface area contributed by atoms with Crippen LogP contribution in [0, 0.1) is 0 Å². The molecule has 0 aliphatic rings. The Hall–Kier alpha value is 6.97. The fourth-order valence-corrected chi connectivity index (χ4v) is 0. The van der Waals surface area contributed by atoms with Gasteiger partial charge in [0.2, 0.25) is 0 Å². The van der Waals surface area contributed by atoms with E-state index < -0.39 is 0 Å². The van der Waals surface area contributed by atoms with Crippen LogP contribution in [0.3, 0.4) is 0 Å². The Balaban J connectivity index is 0. The second-order valence-corrected chi connectivity index (χ2v) is 0. The zero-order valence-corrected chi connectivity index (χ0v) is 26.6. The summed E-state index contributed by atoms with van der Waals surface area (Å²) < 4.78 is 0. The van der Waals surface area contributed by atoms with E-state index in [0.717, 1.165) is 0 Å². The van der Waals surface area contributed by atoms with Gasteiger partial charge in [-0.25, -0.2) is 0 Å². The van der Waals surface area contributed by atoms with Crippen LogP contribution in [-0.4, -0.2) is 24.4 Å². The Labute approximate surface area is 225 Å². The molecule has 0 heterocycles. The van der Waals surface area contributed by atoms with Crippen LogP contribution < -0.4 is 207 Å². The SMILES string of the molecule is [Cs+].[Cs+].[Cs+].[H-].[H-].[H-].[SbH3]. The Kier molecular flexibility index (Phi) is 92.7. The van der Waals surface area contributed by atoms with Crippen LogP contribution in [0.2, 0.25) is 0 Å². The molecule has 0 aliphatic carbocycles. The van der Waals surface area contributed by atoms with Gasteiger partial charge in [-0.15, -0.1) is 0 Å². The maximum atomic E-state index is 0. The molecule has 0 fully saturated rings. The van der Waals surface area contributed by atoms with Crippen molar-refractivity contribution in [3.63, 3.8) is 0 Å². The fraction of sp³-hybridized carbons (Fsp3) is 0. The molecule has 0 radical (unpaired) electrons. The monoisotopic (exact) mass is 526 g/mol. The van der Waals surface area contributed by atoms with E-state index in [4.69, 9.17) is 0 Å². The first kappa shape index (κ1) is 22.4. The third-order valence-corrected chi connectivity index (χ3v) is 0. The van der Waals surface area contributed by atoms with Crippen molar-refractivity contribution in [2.45, 2.75) is 0 Å². The number of hydrogen-bond donors (Lipinski definition) is 0. The molecule has 4 heavy (non-hydrogen) atoms. The summed E-state index contributed by atoms with van der Waals surface area (Å²) in [6.45, 7) is 0. The van der Waals surface area contributed by atoms with Gasteiger partial charge in [-0.1, -0.05) is 0 Å². The fourth-order valence-electron chi connectivity index (χ4n) is 0. The molecule has 0 spiro atoms. The molecule has 0 aromatic heterocycles. The van der Waals surface area contributed by atoms with Gasteiger partial charge in [0.1, 0.15) is 0 Å². The summed E-state index contributed by atoms with van der Waals surface area (Å²) in [5.41, 5.74) is 0. The van der Waals surface area contributed by atoms with Crippen LogP contribution in [0.25, 0.3) is 0 Å². The molecule has 14 valence electrons. The van der Waals surface area contributed by atoms with Gasteiger partial charge in [0.05, 0.1) is 0 Å². The minimum absolute atomic E-state index is 0. The van der Waals surface area contributed by atoms with Crippen LogP contribution in [0.4, 0.5) is 0 Å². The van der Waals surface area contributed by atoms with E-state index in [9.17, 15) is 0 Å². The first-order chi connectivity index (χ1) is 0. The summed E-state index contributed by atoms with van der Waals surface area (Å²) >= 11 is 0. The Bertz CT molecular complexity index is 10.1. The summed E-state index contributed by atoms with van der Waals surface area (Å²) in [6.07, 6.45) is 0. The number of rotatable bonds is 0. The third-order valence-electron chi connectivity index (χ3n) is 0. The van der Waals surface area contributed by atoms with Crippen LogP contribution in [0.5, 0.6) is 0 Å². The van der Waals surface area contributed by atoms with Crippen molar-refractivity contribution >= 4 is 24.4 Å². The molecule has 0 atom stereocenters. The van der Waals surface area contributed by atoms with Crippen LogP contribution >= 0.6 is 0 Å². The first-order valence-electron chi connectivity index (χ1n) is 0. The van der Waals surface area contributed by atoms with Crippen molar-refractivity contribution in [3.8, 4) is 0 Å². The number of hydrogen-bond acceptors (Lipinski definition) is 0. The standard InChI is InChI=1S/3Cs.Sb.6H/q3*+1;;;;;3*-1. The molecular formula is H6Cs3Sb. The summed E-state index contributed by atoms with van der Waals surface area (Å²) in [5.74, 6) is 0. The molecule has 0 saturated heterocycles. The molecule has 0 bridgehead atoms. The van der Waals surface area contributed by atoms with Gasteiger partial charge in [-0.05, 0) is 0 Å².